The molecule has 152 valence electrons. The Bertz CT molecular complexity index is 1170. The standard InChI is InChI=1S/C24H23N3O3/c28-23(14-6-13-22-25-21-12-5-4-11-20(21)24(29)26-22)27(17-19-10-7-15-30-19)16-18-8-2-1-3-9-18/h1-5,7-12,15H,6,13-14,16-17H2,(H,25,26,29). The van der Waals surface area contributed by atoms with Crippen LogP contribution in [0.4, 0.5) is 0 Å². The zero-order valence-corrected chi connectivity index (χ0v) is 16.6. The fourth-order valence-corrected chi connectivity index (χ4v) is 3.45. The van der Waals surface area contributed by atoms with E-state index in [1.54, 1.807) is 17.2 Å². The molecule has 1 amide bonds. The van der Waals surface area contributed by atoms with Gasteiger partial charge in [-0.3, -0.25) is 9.59 Å². The predicted molar refractivity (Wildman–Crippen MR) is 115 cm³/mol. The van der Waals surface area contributed by atoms with Gasteiger partial charge in [0.05, 0.1) is 23.7 Å². The fraction of sp³-hybridized carbons (Fsp3) is 0.208. The van der Waals surface area contributed by atoms with E-state index in [0.29, 0.717) is 49.1 Å². The largest absolute Gasteiger partial charge is 0.467 e. The Morgan fingerprint density at radius 2 is 1.77 bits per heavy atom. The number of hydrogen-bond donors (Lipinski definition) is 1. The van der Waals surface area contributed by atoms with Crippen molar-refractivity contribution in [2.75, 3.05) is 0 Å². The van der Waals surface area contributed by atoms with Crippen LogP contribution in [0.25, 0.3) is 10.9 Å². The van der Waals surface area contributed by atoms with Crippen LogP contribution in [-0.4, -0.2) is 20.8 Å². The van der Waals surface area contributed by atoms with Crippen LogP contribution in [0, 0.1) is 0 Å². The number of para-hydroxylation sites is 1. The number of furan rings is 1. The van der Waals surface area contributed by atoms with Crippen LogP contribution in [0.15, 0.2) is 82.2 Å². The Balaban J connectivity index is 1.41. The van der Waals surface area contributed by atoms with Crippen molar-refractivity contribution in [3.05, 3.63) is 100 Å². The molecule has 30 heavy (non-hydrogen) atoms. The van der Waals surface area contributed by atoms with Crippen LogP contribution >= 0.6 is 0 Å². The summed E-state index contributed by atoms with van der Waals surface area (Å²) in [6, 6.07) is 20.8. The van der Waals surface area contributed by atoms with Gasteiger partial charge in [-0.25, -0.2) is 4.98 Å². The van der Waals surface area contributed by atoms with Gasteiger partial charge in [0.2, 0.25) is 5.91 Å². The molecular weight excluding hydrogens is 378 g/mol. The molecule has 0 aliphatic heterocycles. The number of aromatic amines is 1. The van der Waals surface area contributed by atoms with E-state index >= 15 is 0 Å². The van der Waals surface area contributed by atoms with E-state index in [4.69, 9.17) is 4.42 Å². The number of aromatic nitrogens is 2. The molecule has 0 unspecified atom stereocenters. The summed E-state index contributed by atoms with van der Waals surface area (Å²) in [5.41, 5.74) is 1.59. The minimum Gasteiger partial charge on any atom is -0.467 e. The second-order valence-electron chi connectivity index (χ2n) is 7.20. The van der Waals surface area contributed by atoms with Crippen LogP contribution in [0.2, 0.25) is 0 Å². The van der Waals surface area contributed by atoms with Gasteiger partial charge in [-0.1, -0.05) is 42.5 Å². The summed E-state index contributed by atoms with van der Waals surface area (Å²) >= 11 is 0. The van der Waals surface area contributed by atoms with Crippen molar-refractivity contribution in [3.63, 3.8) is 0 Å². The molecule has 0 saturated carbocycles. The Morgan fingerprint density at radius 1 is 0.967 bits per heavy atom. The summed E-state index contributed by atoms with van der Waals surface area (Å²) in [5.74, 6) is 1.39. The molecule has 0 aliphatic carbocycles. The number of fused-ring (bicyclic) bond motifs is 1. The molecule has 0 aliphatic rings. The maximum atomic E-state index is 12.9. The molecule has 6 nitrogen and oxygen atoms in total. The average molecular weight is 401 g/mol. The average Bonchev–Trinajstić information content (AvgIpc) is 3.27. The summed E-state index contributed by atoms with van der Waals surface area (Å²) in [5, 5.41) is 0.574. The SMILES string of the molecule is O=C(CCCc1nc2ccccc2c(=O)[nH]1)N(Cc1ccccc1)Cc1ccco1. The van der Waals surface area contributed by atoms with Crippen LogP contribution in [-0.2, 0) is 24.3 Å². The quantitative estimate of drug-likeness (QED) is 0.483. The van der Waals surface area contributed by atoms with Gasteiger partial charge >= 0.3 is 0 Å². The van der Waals surface area contributed by atoms with Gasteiger partial charge in [-0.05, 0) is 36.2 Å². The Labute approximate surface area is 174 Å². The molecule has 4 aromatic rings. The number of benzene rings is 2. The fourth-order valence-electron chi connectivity index (χ4n) is 3.45. The Morgan fingerprint density at radius 3 is 2.57 bits per heavy atom. The van der Waals surface area contributed by atoms with Gasteiger partial charge < -0.3 is 14.3 Å². The van der Waals surface area contributed by atoms with Crippen LogP contribution < -0.4 is 5.56 Å². The molecule has 2 heterocycles. The summed E-state index contributed by atoms with van der Waals surface area (Å²) in [6.07, 6.45) is 3.11. The van der Waals surface area contributed by atoms with E-state index in [2.05, 4.69) is 9.97 Å². The topological polar surface area (TPSA) is 79.2 Å². The number of carbonyl (C=O) groups is 1. The highest BCUT2D eigenvalue weighted by Crippen LogP contribution is 2.14. The lowest BCUT2D eigenvalue weighted by Gasteiger charge is -2.22. The lowest BCUT2D eigenvalue weighted by Crippen LogP contribution is -2.30. The molecule has 0 fully saturated rings. The molecule has 6 heteroatoms. The molecule has 0 bridgehead atoms. The van der Waals surface area contributed by atoms with Gasteiger partial charge in [-0.15, -0.1) is 0 Å². The zero-order chi connectivity index (χ0) is 20.8. The van der Waals surface area contributed by atoms with E-state index in [9.17, 15) is 9.59 Å². The number of amides is 1. The van der Waals surface area contributed by atoms with Crippen molar-refractivity contribution in [2.24, 2.45) is 0 Å². The number of H-pyrrole nitrogens is 1. The number of aryl methyl sites for hydroxylation is 1. The normalized spacial score (nSPS) is 10.9. The third-order valence-corrected chi connectivity index (χ3v) is 4.96. The Hall–Kier alpha value is -3.67. The molecule has 0 atom stereocenters. The van der Waals surface area contributed by atoms with Crippen molar-refractivity contribution in [1.82, 2.24) is 14.9 Å². The van der Waals surface area contributed by atoms with E-state index in [1.165, 1.54) is 0 Å². The van der Waals surface area contributed by atoms with Crippen molar-refractivity contribution < 1.29 is 9.21 Å². The maximum Gasteiger partial charge on any atom is 0.258 e. The molecule has 1 N–H and O–H groups in total. The third kappa shape index (κ3) is 4.84. The van der Waals surface area contributed by atoms with E-state index in [0.717, 1.165) is 11.3 Å². The molecule has 0 spiro atoms. The highest BCUT2D eigenvalue weighted by atomic mass is 16.3. The van der Waals surface area contributed by atoms with Gasteiger partial charge in [0, 0.05) is 19.4 Å². The second-order valence-corrected chi connectivity index (χ2v) is 7.20. The number of hydrogen-bond acceptors (Lipinski definition) is 4. The number of rotatable bonds is 8. The molecule has 0 radical (unpaired) electrons. The zero-order valence-electron chi connectivity index (χ0n) is 16.6. The van der Waals surface area contributed by atoms with E-state index in [-0.39, 0.29) is 11.5 Å². The van der Waals surface area contributed by atoms with Crippen LogP contribution in [0.5, 0.6) is 0 Å². The minimum atomic E-state index is -0.148. The first-order chi connectivity index (χ1) is 14.7. The van der Waals surface area contributed by atoms with Crippen molar-refractivity contribution >= 4 is 16.8 Å². The van der Waals surface area contributed by atoms with Gasteiger partial charge in [0.25, 0.3) is 5.56 Å². The monoisotopic (exact) mass is 401 g/mol. The molecule has 4 rings (SSSR count). The smallest absolute Gasteiger partial charge is 0.258 e. The van der Waals surface area contributed by atoms with E-state index in [1.807, 2.05) is 60.7 Å². The highest BCUT2D eigenvalue weighted by Gasteiger charge is 2.16. The minimum absolute atomic E-state index is 0.0402. The first-order valence-electron chi connectivity index (χ1n) is 10.0. The first kappa shape index (κ1) is 19.6. The molecule has 0 saturated heterocycles. The van der Waals surface area contributed by atoms with Crippen LogP contribution in [0.1, 0.15) is 30.0 Å². The number of nitrogens with zero attached hydrogens (tertiary/aromatic N) is 2. The van der Waals surface area contributed by atoms with Crippen molar-refractivity contribution in [2.45, 2.75) is 32.4 Å². The molecule has 2 aromatic heterocycles. The van der Waals surface area contributed by atoms with Crippen LogP contribution in [0.3, 0.4) is 0 Å². The Kier molecular flexibility index (Phi) is 6.03. The lowest BCUT2D eigenvalue weighted by atomic mass is 10.1. The predicted octanol–water partition coefficient (Wildman–Crippen LogP) is 4.07. The number of carbonyl (C=O) groups excluding carboxylic acids is 1. The molecular formula is C24H23N3O3. The first-order valence-corrected chi connectivity index (χ1v) is 10.0. The van der Waals surface area contributed by atoms with Crippen molar-refractivity contribution in [3.8, 4) is 0 Å². The highest BCUT2D eigenvalue weighted by molar-refractivity contribution is 5.77. The van der Waals surface area contributed by atoms with Gasteiger partial charge in [0.1, 0.15) is 11.6 Å². The second kappa shape index (κ2) is 9.22. The molecule has 2 aromatic carbocycles. The maximum absolute atomic E-state index is 12.9. The summed E-state index contributed by atoms with van der Waals surface area (Å²) in [7, 11) is 0. The van der Waals surface area contributed by atoms with Gasteiger partial charge in [0.15, 0.2) is 0 Å². The third-order valence-electron chi connectivity index (χ3n) is 4.96. The summed E-state index contributed by atoms with van der Waals surface area (Å²) in [4.78, 5) is 34.3. The van der Waals surface area contributed by atoms with E-state index < -0.39 is 0 Å². The lowest BCUT2D eigenvalue weighted by molar-refractivity contribution is -0.132. The summed E-state index contributed by atoms with van der Waals surface area (Å²) < 4.78 is 5.44. The van der Waals surface area contributed by atoms with Crippen molar-refractivity contribution in [1.29, 1.82) is 0 Å². The van der Waals surface area contributed by atoms with Gasteiger partial charge in [-0.2, -0.15) is 0 Å². The number of nitrogens with one attached hydrogen (secondary N) is 1. The summed E-state index contributed by atoms with van der Waals surface area (Å²) in [6.45, 7) is 0.942.